The van der Waals surface area contributed by atoms with Crippen molar-refractivity contribution in [3.63, 3.8) is 0 Å². The summed E-state index contributed by atoms with van der Waals surface area (Å²) in [7, 11) is 0. The average molecular weight is 267 g/mol. The molecule has 1 atom stereocenters. The molecule has 0 aliphatic heterocycles. The van der Waals surface area contributed by atoms with Gasteiger partial charge in [0.1, 0.15) is 18.4 Å². The molecule has 5 nitrogen and oxygen atoms in total. The third-order valence-electron chi connectivity index (χ3n) is 3.41. The number of carbonyl (C=O) groups excluding carboxylic acids is 1. The van der Waals surface area contributed by atoms with E-state index in [4.69, 9.17) is 9.15 Å². The van der Waals surface area contributed by atoms with Crippen molar-refractivity contribution in [3.8, 4) is 0 Å². The van der Waals surface area contributed by atoms with E-state index in [9.17, 15) is 9.90 Å². The molecule has 1 amide bonds. The summed E-state index contributed by atoms with van der Waals surface area (Å²) in [6, 6.07) is 2.95. The van der Waals surface area contributed by atoms with Gasteiger partial charge >= 0.3 is 0 Å². The van der Waals surface area contributed by atoms with E-state index in [1.165, 1.54) is 25.5 Å². The molecule has 1 unspecified atom stereocenters. The van der Waals surface area contributed by atoms with Crippen LogP contribution in [-0.2, 0) is 9.53 Å². The number of hydrogen-bond acceptors (Lipinski definition) is 4. The van der Waals surface area contributed by atoms with Gasteiger partial charge in [0.2, 0.25) is 5.91 Å². The Morgan fingerprint density at radius 2 is 2.26 bits per heavy atom. The molecule has 2 N–H and O–H groups in total. The lowest BCUT2D eigenvalue weighted by atomic mass is 9.98. The summed E-state index contributed by atoms with van der Waals surface area (Å²) in [5, 5.41) is 11.9. The summed E-state index contributed by atoms with van der Waals surface area (Å²) >= 11 is 0. The summed E-state index contributed by atoms with van der Waals surface area (Å²) in [5.74, 6) is 0.328. The van der Waals surface area contributed by atoms with Crippen molar-refractivity contribution in [2.45, 2.75) is 44.2 Å². The van der Waals surface area contributed by atoms with Crippen molar-refractivity contribution in [3.05, 3.63) is 24.2 Å². The summed E-state index contributed by atoms with van der Waals surface area (Å²) < 4.78 is 10.7. The quantitative estimate of drug-likeness (QED) is 0.824. The summed E-state index contributed by atoms with van der Waals surface area (Å²) in [6.07, 6.45) is 7.41. The van der Waals surface area contributed by atoms with E-state index in [1.807, 2.05) is 0 Å². The van der Waals surface area contributed by atoms with Gasteiger partial charge in [-0.2, -0.15) is 0 Å². The number of carbonyl (C=O) groups is 1. The molecular weight excluding hydrogens is 246 g/mol. The molecule has 0 saturated heterocycles. The Morgan fingerprint density at radius 3 is 2.89 bits per heavy atom. The van der Waals surface area contributed by atoms with Crippen molar-refractivity contribution in [1.29, 1.82) is 0 Å². The van der Waals surface area contributed by atoms with Crippen LogP contribution in [0.1, 0.15) is 43.9 Å². The van der Waals surface area contributed by atoms with Crippen LogP contribution in [0.15, 0.2) is 22.8 Å². The van der Waals surface area contributed by atoms with E-state index < -0.39 is 6.04 Å². The van der Waals surface area contributed by atoms with Crippen molar-refractivity contribution in [2.75, 3.05) is 13.2 Å². The van der Waals surface area contributed by atoms with Crippen molar-refractivity contribution in [2.24, 2.45) is 0 Å². The van der Waals surface area contributed by atoms with Crippen LogP contribution >= 0.6 is 0 Å². The molecular formula is C14H21NO4. The van der Waals surface area contributed by atoms with E-state index in [1.54, 1.807) is 12.1 Å². The fourth-order valence-corrected chi connectivity index (χ4v) is 2.36. The number of nitrogens with one attached hydrogen (secondary N) is 1. The lowest BCUT2D eigenvalue weighted by molar-refractivity contribution is -0.129. The fraction of sp³-hybridized carbons (Fsp3) is 0.643. The van der Waals surface area contributed by atoms with Crippen LogP contribution in [0.25, 0.3) is 0 Å². The van der Waals surface area contributed by atoms with Crippen molar-refractivity contribution >= 4 is 5.91 Å². The van der Waals surface area contributed by atoms with E-state index in [2.05, 4.69) is 5.32 Å². The fourth-order valence-electron chi connectivity index (χ4n) is 2.36. The van der Waals surface area contributed by atoms with Gasteiger partial charge in [-0.3, -0.25) is 4.79 Å². The van der Waals surface area contributed by atoms with Crippen LogP contribution < -0.4 is 5.32 Å². The molecule has 0 radical (unpaired) electrons. The van der Waals surface area contributed by atoms with Gasteiger partial charge in [0, 0.05) is 0 Å². The molecule has 2 rings (SSSR count). The maximum absolute atomic E-state index is 11.8. The van der Waals surface area contributed by atoms with Gasteiger partial charge in [-0.25, -0.2) is 0 Å². The molecule has 19 heavy (non-hydrogen) atoms. The Hall–Kier alpha value is -1.33. The Kier molecular flexibility index (Phi) is 5.42. The van der Waals surface area contributed by atoms with Crippen LogP contribution in [0.3, 0.4) is 0 Å². The number of aliphatic hydroxyl groups excluding tert-OH is 1. The second-order valence-electron chi connectivity index (χ2n) is 4.89. The highest BCUT2D eigenvalue weighted by Gasteiger charge is 2.18. The first-order chi connectivity index (χ1) is 9.29. The first-order valence-electron chi connectivity index (χ1n) is 6.85. The second kappa shape index (κ2) is 7.31. The Labute approximate surface area is 112 Å². The van der Waals surface area contributed by atoms with Gasteiger partial charge in [-0.05, 0) is 25.0 Å². The number of amides is 1. The maximum Gasteiger partial charge on any atom is 0.246 e. The minimum atomic E-state index is -0.502. The van der Waals surface area contributed by atoms with E-state index in [0.717, 1.165) is 12.8 Å². The molecule has 0 bridgehead atoms. The smallest absolute Gasteiger partial charge is 0.246 e. The normalized spacial score (nSPS) is 18.2. The number of rotatable bonds is 6. The highest BCUT2D eigenvalue weighted by molar-refractivity contribution is 5.77. The summed E-state index contributed by atoms with van der Waals surface area (Å²) in [5.41, 5.74) is 0. The van der Waals surface area contributed by atoms with Gasteiger partial charge in [0.25, 0.3) is 0 Å². The zero-order valence-electron chi connectivity index (χ0n) is 11.0. The summed E-state index contributed by atoms with van der Waals surface area (Å²) in [4.78, 5) is 11.8. The van der Waals surface area contributed by atoms with Crippen LogP contribution in [0.5, 0.6) is 0 Å². The Morgan fingerprint density at radius 1 is 1.47 bits per heavy atom. The maximum atomic E-state index is 11.8. The van der Waals surface area contributed by atoms with Crippen LogP contribution in [0.4, 0.5) is 0 Å². The molecule has 1 saturated carbocycles. The molecule has 0 spiro atoms. The van der Waals surface area contributed by atoms with Crippen molar-refractivity contribution < 1.29 is 19.1 Å². The van der Waals surface area contributed by atoms with Gasteiger partial charge < -0.3 is 19.6 Å². The zero-order chi connectivity index (χ0) is 13.5. The average Bonchev–Trinajstić information content (AvgIpc) is 2.97. The standard InChI is InChI=1S/C14H21NO4/c16-9-12(13-7-4-8-18-13)15-14(17)10-19-11-5-2-1-3-6-11/h4,7-8,11-12,16H,1-3,5-6,9-10H2,(H,15,17). The van der Waals surface area contributed by atoms with Crippen LogP contribution in [0, 0.1) is 0 Å². The molecule has 1 heterocycles. The molecule has 1 aliphatic rings. The lowest BCUT2D eigenvalue weighted by Crippen LogP contribution is -2.34. The Bertz CT molecular complexity index is 371. The van der Waals surface area contributed by atoms with Gasteiger partial charge in [0.05, 0.1) is 19.0 Å². The SMILES string of the molecule is O=C(COC1CCCCC1)NC(CO)c1ccco1. The lowest BCUT2D eigenvalue weighted by Gasteiger charge is -2.22. The van der Waals surface area contributed by atoms with Gasteiger partial charge in [-0.15, -0.1) is 0 Å². The van der Waals surface area contributed by atoms with Crippen LogP contribution in [0.2, 0.25) is 0 Å². The zero-order valence-corrected chi connectivity index (χ0v) is 11.0. The number of hydrogen-bond donors (Lipinski definition) is 2. The van der Waals surface area contributed by atoms with Gasteiger partial charge in [-0.1, -0.05) is 19.3 Å². The van der Waals surface area contributed by atoms with Crippen molar-refractivity contribution in [1.82, 2.24) is 5.32 Å². The highest BCUT2D eigenvalue weighted by atomic mass is 16.5. The predicted molar refractivity (Wildman–Crippen MR) is 69.5 cm³/mol. The monoisotopic (exact) mass is 267 g/mol. The predicted octanol–water partition coefficient (Wildman–Crippen LogP) is 1.78. The third-order valence-corrected chi connectivity index (χ3v) is 3.41. The minimum Gasteiger partial charge on any atom is -0.467 e. The molecule has 5 heteroatoms. The largest absolute Gasteiger partial charge is 0.467 e. The Balaban J connectivity index is 1.73. The molecule has 0 aromatic carbocycles. The third kappa shape index (κ3) is 4.36. The number of ether oxygens (including phenoxy) is 1. The molecule has 1 aromatic heterocycles. The number of furan rings is 1. The van der Waals surface area contributed by atoms with E-state index in [-0.39, 0.29) is 25.2 Å². The molecule has 1 fully saturated rings. The topological polar surface area (TPSA) is 71.7 Å². The first-order valence-corrected chi connectivity index (χ1v) is 6.85. The number of aliphatic hydroxyl groups is 1. The van der Waals surface area contributed by atoms with Crippen LogP contribution in [-0.4, -0.2) is 30.3 Å². The molecule has 1 aromatic rings. The second-order valence-corrected chi connectivity index (χ2v) is 4.89. The molecule has 106 valence electrons. The van der Waals surface area contributed by atoms with E-state index >= 15 is 0 Å². The summed E-state index contributed by atoms with van der Waals surface area (Å²) in [6.45, 7) is -0.148. The highest BCUT2D eigenvalue weighted by Crippen LogP contribution is 2.20. The molecule has 1 aliphatic carbocycles. The minimum absolute atomic E-state index is 0.0435. The first kappa shape index (κ1) is 14.1. The van der Waals surface area contributed by atoms with Gasteiger partial charge in [0.15, 0.2) is 0 Å². The van der Waals surface area contributed by atoms with E-state index in [0.29, 0.717) is 5.76 Å².